The molecule has 0 radical (unpaired) electrons. The number of esters is 3. The monoisotopic (exact) mass is 981 g/mol. The summed E-state index contributed by atoms with van der Waals surface area (Å²) in [6.07, 6.45) is 81.5. The molecule has 0 rings (SSSR count). The highest BCUT2D eigenvalue weighted by atomic mass is 16.6. The molecule has 0 heterocycles. The Labute approximate surface area is 436 Å². The van der Waals surface area contributed by atoms with E-state index in [1.807, 2.05) is 0 Å². The summed E-state index contributed by atoms with van der Waals surface area (Å²) in [5.74, 6) is -0.972. The Balaban J connectivity index is 4.46. The predicted molar refractivity (Wildman–Crippen MR) is 306 cm³/mol. The molecule has 400 valence electrons. The fourth-order valence-corrected chi connectivity index (χ4v) is 7.28. The molecule has 0 bridgehead atoms. The lowest BCUT2D eigenvalue weighted by Crippen LogP contribution is -2.30. The number of rotatable bonds is 50. The molecule has 0 aromatic heterocycles. The van der Waals surface area contributed by atoms with Crippen LogP contribution in [-0.2, 0) is 28.6 Å². The van der Waals surface area contributed by atoms with Gasteiger partial charge in [0.1, 0.15) is 13.2 Å². The molecule has 71 heavy (non-hydrogen) atoms. The summed E-state index contributed by atoms with van der Waals surface area (Å²) in [6, 6.07) is 0. The smallest absolute Gasteiger partial charge is 0.306 e. The van der Waals surface area contributed by atoms with Gasteiger partial charge in [0.25, 0.3) is 0 Å². The van der Waals surface area contributed by atoms with Crippen molar-refractivity contribution in [2.75, 3.05) is 13.2 Å². The average Bonchev–Trinajstić information content (AvgIpc) is 3.37. The van der Waals surface area contributed by atoms with Gasteiger partial charge in [-0.15, -0.1) is 0 Å². The fourth-order valence-electron chi connectivity index (χ4n) is 7.28. The summed E-state index contributed by atoms with van der Waals surface area (Å²) in [6.45, 7) is 6.38. The van der Waals surface area contributed by atoms with E-state index in [0.717, 1.165) is 161 Å². The highest BCUT2D eigenvalue weighted by molar-refractivity contribution is 5.71. The minimum absolute atomic E-state index is 0.106. The SMILES string of the molecule is CC/C=C\C/C=C\C/C=C\C/C=C\C/C=C\C/C=C\C/C=C\CCCCCC(=O)OCC(COC(=O)CCCCCCC/C=C\C/C=C\CCCC)OC(=O)CCCCCCC/C=C\C/C=C\CCCC. The molecule has 0 amide bonds. The van der Waals surface area contributed by atoms with Crippen LogP contribution in [0.5, 0.6) is 0 Å². The third-order valence-electron chi connectivity index (χ3n) is 11.6. The minimum atomic E-state index is -0.810. The van der Waals surface area contributed by atoms with Gasteiger partial charge in [0.15, 0.2) is 6.10 Å². The second-order valence-electron chi connectivity index (χ2n) is 18.5. The topological polar surface area (TPSA) is 78.9 Å². The molecule has 0 aromatic carbocycles. The Bertz CT molecular complexity index is 1550. The van der Waals surface area contributed by atoms with Crippen molar-refractivity contribution in [3.63, 3.8) is 0 Å². The Morgan fingerprint density at radius 2 is 0.549 bits per heavy atom. The third kappa shape index (κ3) is 56.3. The first-order valence-electron chi connectivity index (χ1n) is 28.7. The third-order valence-corrected chi connectivity index (χ3v) is 11.6. The second kappa shape index (κ2) is 58.1. The first kappa shape index (κ1) is 66.6. The van der Waals surface area contributed by atoms with E-state index in [4.69, 9.17) is 14.2 Å². The van der Waals surface area contributed by atoms with Gasteiger partial charge in [-0.05, 0) is 128 Å². The van der Waals surface area contributed by atoms with E-state index >= 15 is 0 Å². The Kier molecular flexibility index (Phi) is 54.5. The zero-order valence-corrected chi connectivity index (χ0v) is 45.7. The fraction of sp³-hybridized carbons (Fsp3) is 0.615. The molecular formula is C65H104O6. The number of allylic oxidation sites excluding steroid dienone is 22. The molecule has 0 aliphatic rings. The van der Waals surface area contributed by atoms with Crippen LogP contribution in [-0.4, -0.2) is 37.2 Å². The highest BCUT2D eigenvalue weighted by Gasteiger charge is 2.19. The lowest BCUT2D eigenvalue weighted by atomic mass is 10.1. The maximum Gasteiger partial charge on any atom is 0.306 e. The summed E-state index contributed by atoms with van der Waals surface area (Å²) in [5, 5.41) is 0. The lowest BCUT2D eigenvalue weighted by Gasteiger charge is -2.18. The first-order valence-corrected chi connectivity index (χ1v) is 28.7. The number of unbranched alkanes of at least 4 members (excludes halogenated alkanes) is 17. The van der Waals surface area contributed by atoms with E-state index < -0.39 is 6.10 Å². The molecule has 0 saturated heterocycles. The maximum absolute atomic E-state index is 12.8. The predicted octanol–water partition coefficient (Wildman–Crippen LogP) is 19.4. The summed E-state index contributed by atoms with van der Waals surface area (Å²) in [7, 11) is 0. The zero-order chi connectivity index (χ0) is 51.4. The van der Waals surface area contributed by atoms with Crippen LogP contribution in [0.3, 0.4) is 0 Å². The largest absolute Gasteiger partial charge is 0.462 e. The van der Waals surface area contributed by atoms with Crippen molar-refractivity contribution in [2.24, 2.45) is 0 Å². The van der Waals surface area contributed by atoms with Crippen LogP contribution in [0.15, 0.2) is 134 Å². The molecule has 1 atom stereocenters. The molecule has 6 nitrogen and oxygen atoms in total. The van der Waals surface area contributed by atoms with Crippen molar-refractivity contribution >= 4 is 17.9 Å². The van der Waals surface area contributed by atoms with Crippen molar-refractivity contribution in [1.82, 2.24) is 0 Å². The van der Waals surface area contributed by atoms with Crippen LogP contribution >= 0.6 is 0 Å². The highest BCUT2D eigenvalue weighted by Crippen LogP contribution is 2.13. The van der Waals surface area contributed by atoms with E-state index in [1.54, 1.807) is 0 Å². The minimum Gasteiger partial charge on any atom is -0.462 e. The van der Waals surface area contributed by atoms with Gasteiger partial charge in [0.2, 0.25) is 0 Å². The molecule has 0 aliphatic heterocycles. The van der Waals surface area contributed by atoms with Gasteiger partial charge < -0.3 is 14.2 Å². The van der Waals surface area contributed by atoms with Crippen LogP contribution in [0, 0.1) is 0 Å². The van der Waals surface area contributed by atoms with Gasteiger partial charge in [-0.3, -0.25) is 14.4 Å². The van der Waals surface area contributed by atoms with E-state index in [-0.39, 0.29) is 31.1 Å². The molecule has 0 N–H and O–H groups in total. The van der Waals surface area contributed by atoms with Gasteiger partial charge >= 0.3 is 17.9 Å². The zero-order valence-electron chi connectivity index (χ0n) is 45.7. The quantitative estimate of drug-likeness (QED) is 0.0262. The first-order chi connectivity index (χ1) is 35.0. The number of ether oxygens (including phenoxy) is 3. The Morgan fingerprint density at radius 3 is 0.873 bits per heavy atom. The lowest BCUT2D eigenvalue weighted by molar-refractivity contribution is -0.167. The molecule has 0 saturated carbocycles. The number of carbonyl (C=O) groups excluding carboxylic acids is 3. The summed E-state index contributed by atoms with van der Waals surface area (Å²) in [5.41, 5.74) is 0. The summed E-state index contributed by atoms with van der Waals surface area (Å²) >= 11 is 0. The van der Waals surface area contributed by atoms with E-state index in [1.165, 1.54) is 38.5 Å². The standard InChI is InChI=1S/C65H104O6/c1-4-7-10-13-16-19-22-25-28-29-30-31-32-33-34-35-36-37-38-41-43-46-49-52-55-58-64(67)70-61-62(71-65(68)59-56-53-50-47-44-40-27-24-21-18-15-12-9-6-3)60-69-63(66)57-54-51-48-45-42-39-26-23-20-17-14-11-8-5-2/h7,10,14-19,23-28,30-31,33-34,36-37,41,43,62H,4-6,8-9,11-13,20-22,29,32,35,38-40,42,44-61H2,1-3H3/b10-7-,17-14-,18-15-,19-16-,26-23-,27-24-,28-25-,31-30-,34-33-,37-36-,43-41-. The molecule has 0 aliphatic carbocycles. The Morgan fingerprint density at radius 1 is 0.296 bits per heavy atom. The van der Waals surface area contributed by atoms with Crippen molar-refractivity contribution in [2.45, 2.75) is 245 Å². The van der Waals surface area contributed by atoms with Gasteiger partial charge in [0, 0.05) is 19.3 Å². The van der Waals surface area contributed by atoms with Gasteiger partial charge in [0.05, 0.1) is 0 Å². The molecule has 0 spiro atoms. The number of hydrogen-bond acceptors (Lipinski definition) is 6. The summed E-state index contributed by atoms with van der Waals surface area (Å²) in [4.78, 5) is 38.1. The van der Waals surface area contributed by atoms with Crippen LogP contribution in [0.4, 0.5) is 0 Å². The van der Waals surface area contributed by atoms with Crippen LogP contribution in [0.1, 0.15) is 239 Å². The second-order valence-corrected chi connectivity index (χ2v) is 18.5. The average molecular weight is 982 g/mol. The molecule has 0 aromatic rings. The van der Waals surface area contributed by atoms with E-state index in [0.29, 0.717) is 19.3 Å². The molecular weight excluding hydrogens is 877 g/mol. The Hall–Kier alpha value is -4.45. The van der Waals surface area contributed by atoms with Crippen LogP contribution in [0.2, 0.25) is 0 Å². The molecule has 0 fully saturated rings. The van der Waals surface area contributed by atoms with Crippen LogP contribution < -0.4 is 0 Å². The van der Waals surface area contributed by atoms with E-state index in [2.05, 4.69) is 154 Å². The van der Waals surface area contributed by atoms with Crippen molar-refractivity contribution < 1.29 is 28.6 Å². The molecule has 6 heteroatoms. The van der Waals surface area contributed by atoms with Gasteiger partial charge in [-0.2, -0.15) is 0 Å². The van der Waals surface area contributed by atoms with Gasteiger partial charge in [-0.25, -0.2) is 0 Å². The van der Waals surface area contributed by atoms with E-state index in [9.17, 15) is 14.4 Å². The summed E-state index contributed by atoms with van der Waals surface area (Å²) < 4.78 is 16.8. The van der Waals surface area contributed by atoms with Gasteiger partial charge in [-0.1, -0.05) is 225 Å². The van der Waals surface area contributed by atoms with Crippen molar-refractivity contribution in [1.29, 1.82) is 0 Å². The van der Waals surface area contributed by atoms with Crippen LogP contribution in [0.25, 0.3) is 0 Å². The normalized spacial score (nSPS) is 13.1. The molecule has 1 unspecified atom stereocenters. The van der Waals surface area contributed by atoms with Crippen molar-refractivity contribution in [3.8, 4) is 0 Å². The van der Waals surface area contributed by atoms with Crippen molar-refractivity contribution in [3.05, 3.63) is 134 Å². The number of hydrogen-bond donors (Lipinski definition) is 0. The maximum atomic E-state index is 12.8. The number of carbonyl (C=O) groups is 3.